The van der Waals surface area contributed by atoms with Crippen molar-refractivity contribution in [2.75, 3.05) is 26.2 Å². The van der Waals surface area contributed by atoms with E-state index in [0.29, 0.717) is 13.2 Å². The molecule has 1 aromatic carbocycles. The highest BCUT2D eigenvalue weighted by Gasteiger charge is 2.31. The molecule has 3 rings (SSSR count). The first kappa shape index (κ1) is 17.2. The largest absolute Gasteiger partial charge is 0.389 e. The Balaban J connectivity index is 1.38. The summed E-state index contributed by atoms with van der Waals surface area (Å²) >= 11 is 6.11. The van der Waals surface area contributed by atoms with Gasteiger partial charge in [-0.05, 0) is 42.9 Å². The van der Waals surface area contributed by atoms with Gasteiger partial charge in [0.2, 0.25) is 0 Å². The van der Waals surface area contributed by atoms with Crippen LogP contribution in [0.5, 0.6) is 0 Å². The van der Waals surface area contributed by atoms with Gasteiger partial charge >= 0.3 is 0 Å². The first-order valence-electron chi connectivity index (χ1n) is 8.94. The van der Waals surface area contributed by atoms with Crippen LogP contribution in [0.25, 0.3) is 0 Å². The zero-order valence-electron chi connectivity index (χ0n) is 13.8. The second-order valence-corrected chi connectivity index (χ2v) is 7.52. The molecule has 0 bridgehead atoms. The van der Waals surface area contributed by atoms with Crippen molar-refractivity contribution in [1.29, 1.82) is 0 Å². The van der Waals surface area contributed by atoms with Gasteiger partial charge in [0, 0.05) is 18.1 Å². The minimum atomic E-state index is -0.419. The SMILES string of the molecule is O[C@@H](COCc1ccccc1Cl)CN1CC[C@@H]2CCCC[C@@H]2C1. The summed E-state index contributed by atoms with van der Waals surface area (Å²) in [6.07, 6.45) is 6.48. The molecule has 23 heavy (non-hydrogen) atoms. The molecule has 128 valence electrons. The maximum absolute atomic E-state index is 10.2. The molecule has 4 heteroatoms. The van der Waals surface area contributed by atoms with Gasteiger partial charge in [0.1, 0.15) is 0 Å². The maximum atomic E-state index is 10.2. The number of nitrogens with zero attached hydrogens (tertiary/aromatic N) is 1. The van der Waals surface area contributed by atoms with Gasteiger partial charge in [0.15, 0.2) is 0 Å². The Bertz CT molecular complexity index is 496. The normalized spacial score (nSPS) is 26.7. The third kappa shape index (κ3) is 4.93. The number of aliphatic hydroxyl groups is 1. The van der Waals surface area contributed by atoms with E-state index in [-0.39, 0.29) is 0 Å². The van der Waals surface area contributed by atoms with Gasteiger partial charge in [-0.2, -0.15) is 0 Å². The monoisotopic (exact) mass is 337 g/mol. The number of rotatable bonds is 6. The lowest BCUT2D eigenvalue weighted by Gasteiger charge is -2.41. The molecule has 1 saturated heterocycles. The van der Waals surface area contributed by atoms with Gasteiger partial charge in [-0.1, -0.05) is 49.1 Å². The van der Waals surface area contributed by atoms with Crippen LogP contribution < -0.4 is 0 Å². The van der Waals surface area contributed by atoms with E-state index >= 15 is 0 Å². The molecule has 0 amide bonds. The Morgan fingerprint density at radius 3 is 2.78 bits per heavy atom. The molecular formula is C19H28ClNO2. The molecule has 0 unspecified atom stereocenters. The van der Waals surface area contributed by atoms with Crippen molar-refractivity contribution in [2.24, 2.45) is 11.8 Å². The van der Waals surface area contributed by atoms with Crippen LogP contribution in [0, 0.1) is 11.8 Å². The van der Waals surface area contributed by atoms with Crippen LogP contribution in [0.4, 0.5) is 0 Å². The molecule has 1 heterocycles. The van der Waals surface area contributed by atoms with Crippen LogP contribution >= 0.6 is 11.6 Å². The number of hydrogen-bond donors (Lipinski definition) is 1. The van der Waals surface area contributed by atoms with Gasteiger partial charge in [-0.25, -0.2) is 0 Å². The number of piperidine rings is 1. The lowest BCUT2D eigenvalue weighted by molar-refractivity contribution is -0.00648. The van der Waals surface area contributed by atoms with Crippen molar-refractivity contribution >= 4 is 11.6 Å². The Labute approximate surface area is 144 Å². The fourth-order valence-corrected chi connectivity index (χ4v) is 4.30. The van der Waals surface area contributed by atoms with Crippen LogP contribution in [0.3, 0.4) is 0 Å². The van der Waals surface area contributed by atoms with E-state index in [2.05, 4.69) is 4.90 Å². The number of ether oxygens (including phenoxy) is 1. The first-order chi connectivity index (χ1) is 11.2. The average Bonchev–Trinajstić information content (AvgIpc) is 2.56. The Kier molecular flexibility index (Phi) is 6.35. The van der Waals surface area contributed by atoms with E-state index in [4.69, 9.17) is 16.3 Å². The van der Waals surface area contributed by atoms with Crippen molar-refractivity contribution in [3.63, 3.8) is 0 Å². The second kappa shape index (κ2) is 8.48. The van der Waals surface area contributed by atoms with Crippen molar-refractivity contribution in [3.8, 4) is 0 Å². The fourth-order valence-electron chi connectivity index (χ4n) is 4.11. The predicted molar refractivity (Wildman–Crippen MR) is 93.6 cm³/mol. The number of likely N-dealkylation sites (tertiary alicyclic amines) is 1. The topological polar surface area (TPSA) is 32.7 Å². The number of hydrogen-bond acceptors (Lipinski definition) is 3. The van der Waals surface area contributed by atoms with Gasteiger partial charge in [-0.3, -0.25) is 0 Å². The number of aliphatic hydroxyl groups excluding tert-OH is 1. The van der Waals surface area contributed by atoms with Gasteiger partial charge in [0.25, 0.3) is 0 Å². The third-order valence-electron chi connectivity index (χ3n) is 5.37. The van der Waals surface area contributed by atoms with E-state index in [9.17, 15) is 5.11 Å². The second-order valence-electron chi connectivity index (χ2n) is 7.11. The van der Waals surface area contributed by atoms with Gasteiger partial charge < -0.3 is 14.7 Å². The van der Waals surface area contributed by atoms with Crippen LogP contribution in [0.2, 0.25) is 5.02 Å². The molecule has 3 atom stereocenters. The summed E-state index contributed by atoms with van der Waals surface area (Å²) in [6, 6.07) is 7.69. The molecule has 0 radical (unpaired) electrons. The highest BCUT2D eigenvalue weighted by molar-refractivity contribution is 6.31. The zero-order chi connectivity index (χ0) is 16.1. The van der Waals surface area contributed by atoms with Gasteiger partial charge in [0.05, 0.1) is 19.3 Å². The first-order valence-corrected chi connectivity index (χ1v) is 9.31. The highest BCUT2D eigenvalue weighted by Crippen LogP contribution is 2.35. The van der Waals surface area contributed by atoms with E-state index < -0.39 is 6.10 Å². The van der Waals surface area contributed by atoms with Crippen molar-refractivity contribution in [3.05, 3.63) is 34.9 Å². The quantitative estimate of drug-likeness (QED) is 0.858. The van der Waals surface area contributed by atoms with Crippen LogP contribution in [0.1, 0.15) is 37.7 Å². The van der Waals surface area contributed by atoms with Crippen molar-refractivity contribution in [2.45, 2.75) is 44.8 Å². The van der Waals surface area contributed by atoms with Crippen molar-refractivity contribution < 1.29 is 9.84 Å². The lowest BCUT2D eigenvalue weighted by atomic mass is 9.75. The standard InChI is InChI=1S/C19H28ClNO2/c20-19-8-4-3-7-17(19)13-23-14-18(22)12-21-10-9-15-5-1-2-6-16(15)11-21/h3-4,7-8,15-16,18,22H,1-2,5-6,9-14H2/t15-,16+,18+/m0/s1. The summed E-state index contributed by atoms with van der Waals surface area (Å²) in [5.41, 5.74) is 0.976. The summed E-state index contributed by atoms with van der Waals surface area (Å²) in [6.45, 7) is 3.85. The summed E-state index contributed by atoms with van der Waals surface area (Å²) in [5, 5.41) is 11.0. The van der Waals surface area contributed by atoms with E-state index in [1.807, 2.05) is 24.3 Å². The number of halogens is 1. The van der Waals surface area contributed by atoms with Crippen molar-refractivity contribution in [1.82, 2.24) is 4.90 Å². The van der Waals surface area contributed by atoms with Gasteiger partial charge in [-0.15, -0.1) is 0 Å². The van der Waals surface area contributed by atoms with Crippen LogP contribution in [-0.2, 0) is 11.3 Å². The van der Waals surface area contributed by atoms with E-state index in [1.54, 1.807) is 0 Å². The average molecular weight is 338 g/mol. The molecule has 1 aromatic rings. The summed E-state index contributed by atoms with van der Waals surface area (Å²) in [7, 11) is 0. The molecule has 2 fully saturated rings. The molecule has 1 aliphatic carbocycles. The zero-order valence-corrected chi connectivity index (χ0v) is 14.5. The lowest BCUT2D eigenvalue weighted by Crippen LogP contribution is -2.45. The predicted octanol–water partition coefficient (Wildman–Crippen LogP) is 3.73. The minimum absolute atomic E-state index is 0.371. The maximum Gasteiger partial charge on any atom is 0.0900 e. The number of benzene rings is 1. The van der Waals surface area contributed by atoms with E-state index in [0.717, 1.165) is 42.1 Å². The number of β-amino-alcohol motifs (C(OH)–C–C–N with tert-alkyl or cyclic N) is 1. The molecule has 1 N–H and O–H groups in total. The van der Waals surface area contributed by atoms with Crippen LogP contribution in [0.15, 0.2) is 24.3 Å². The smallest absolute Gasteiger partial charge is 0.0900 e. The molecule has 1 aliphatic heterocycles. The summed E-state index contributed by atoms with van der Waals surface area (Å²) in [5.74, 6) is 1.79. The Morgan fingerprint density at radius 2 is 1.96 bits per heavy atom. The number of fused-ring (bicyclic) bond motifs is 1. The Morgan fingerprint density at radius 1 is 1.17 bits per heavy atom. The Hall–Kier alpha value is -0.610. The molecule has 0 spiro atoms. The molecule has 1 saturated carbocycles. The van der Waals surface area contributed by atoms with Crippen LogP contribution in [-0.4, -0.2) is 42.4 Å². The minimum Gasteiger partial charge on any atom is -0.389 e. The molecular weight excluding hydrogens is 310 g/mol. The molecule has 0 aromatic heterocycles. The van der Waals surface area contributed by atoms with E-state index in [1.165, 1.54) is 32.1 Å². The molecule has 2 aliphatic rings. The molecule has 3 nitrogen and oxygen atoms in total. The summed E-state index contributed by atoms with van der Waals surface area (Å²) in [4.78, 5) is 2.43. The summed E-state index contributed by atoms with van der Waals surface area (Å²) < 4.78 is 5.65. The highest BCUT2D eigenvalue weighted by atomic mass is 35.5. The fraction of sp³-hybridized carbons (Fsp3) is 0.684. The third-order valence-corrected chi connectivity index (χ3v) is 5.74.